The average molecular weight is 257 g/mol. The fourth-order valence-corrected chi connectivity index (χ4v) is 4.23. The van der Waals surface area contributed by atoms with E-state index < -0.39 is 0 Å². The summed E-state index contributed by atoms with van der Waals surface area (Å²) in [6.45, 7) is 3.42. The molecule has 1 saturated heterocycles. The number of thioether (sulfide) groups is 1. The minimum Gasteiger partial charge on any atom is -0.330 e. The lowest BCUT2D eigenvalue weighted by atomic mass is 9.98. The fraction of sp³-hybridized carbons (Fsp3) is 0.750. The Bertz CT molecular complexity index is 396. The van der Waals surface area contributed by atoms with Gasteiger partial charge in [0.25, 0.3) is 0 Å². The summed E-state index contributed by atoms with van der Waals surface area (Å²) in [7, 11) is 0. The second-order valence-electron chi connectivity index (χ2n) is 5.02. The van der Waals surface area contributed by atoms with Gasteiger partial charge in [-0.2, -0.15) is 11.8 Å². The Hall–Kier alpha value is -0.150. The number of rotatable bonds is 1. The lowest BCUT2D eigenvalue weighted by Gasteiger charge is -2.23. The zero-order valence-electron chi connectivity index (χ0n) is 9.58. The van der Waals surface area contributed by atoms with Gasteiger partial charge in [-0.25, -0.2) is 4.98 Å². The average Bonchev–Trinajstić information content (AvgIpc) is 2.87. The second kappa shape index (κ2) is 4.26. The summed E-state index contributed by atoms with van der Waals surface area (Å²) in [4.78, 5) is 4.62. The number of fused-ring (bicyclic) bond motifs is 1. The van der Waals surface area contributed by atoms with Crippen LogP contribution in [0, 0.1) is 5.92 Å². The standard InChI is InChI=1S/C12H17ClN2S/c1-8-2-4-15-10(6-8)11(13)14-12(15)9-3-5-16-7-9/h8-9H,2-7H2,1H3. The third-order valence-corrected chi connectivity index (χ3v) is 5.20. The predicted molar refractivity (Wildman–Crippen MR) is 69.4 cm³/mol. The van der Waals surface area contributed by atoms with Crippen LogP contribution < -0.4 is 0 Å². The number of hydrogen-bond acceptors (Lipinski definition) is 2. The van der Waals surface area contributed by atoms with Crippen LogP contribution in [-0.2, 0) is 13.0 Å². The van der Waals surface area contributed by atoms with E-state index in [0.717, 1.165) is 24.0 Å². The van der Waals surface area contributed by atoms with Gasteiger partial charge in [0.1, 0.15) is 5.82 Å². The third kappa shape index (κ3) is 1.78. The van der Waals surface area contributed by atoms with Gasteiger partial charge in [-0.3, -0.25) is 0 Å². The Morgan fingerprint density at radius 3 is 3.06 bits per heavy atom. The van der Waals surface area contributed by atoms with E-state index in [9.17, 15) is 0 Å². The first-order valence-corrected chi connectivity index (χ1v) is 7.61. The molecule has 0 radical (unpaired) electrons. The lowest BCUT2D eigenvalue weighted by molar-refractivity contribution is 0.404. The van der Waals surface area contributed by atoms with Crippen molar-refractivity contribution >= 4 is 23.4 Å². The normalized spacial score (nSPS) is 29.4. The molecule has 1 fully saturated rings. The number of imidazole rings is 1. The van der Waals surface area contributed by atoms with E-state index in [0.29, 0.717) is 5.92 Å². The molecule has 0 aromatic carbocycles. The van der Waals surface area contributed by atoms with Gasteiger partial charge in [-0.1, -0.05) is 18.5 Å². The molecule has 88 valence electrons. The lowest BCUT2D eigenvalue weighted by Crippen LogP contribution is -2.20. The Labute approximate surface area is 106 Å². The summed E-state index contributed by atoms with van der Waals surface area (Å²) in [5.41, 5.74) is 1.28. The first kappa shape index (κ1) is 11.0. The summed E-state index contributed by atoms with van der Waals surface area (Å²) in [5, 5.41) is 0.762. The molecule has 16 heavy (non-hydrogen) atoms. The molecule has 2 unspecified atom stereocenters. The highest BCUT2D eigenvalue weighted by atomic mass is 35.5. The zero-order valence-corrected chi connectivity index (χ0v) is 11.2. The molecule has 1 aromatic rings. The number of halogens is 1. The second-order valence-corrected chi connectivity index (χ2v) is 6.53. The Morgan fingerprint density at radius 2 is 2.31 bits per heavy atom. The van der Waals surface area contributed by atoms with Crippen LogP contribution in [0.5, 0.6) is 0 Å². The van der Waals surface area contributed by atoms with E-state index in [2.05, 4.69) is 16.5 Å². The number of aromatic nitrogens is 2. The third-order valence-electron chi connectivity index (χ3n) is 3.74. The minimum atomic E-state index is 0.643. The van der Waals surface area contributed by atoms with Gasteiger partial charge in [0.05, 0.1) is 5.69 Å². The van der Waals surface area contributed by atoms with Crippen LogP contribution in [0.1, 0.15) is 37.2 Å². The molecule has 2 aliphatic rings. The summed E-state index contributed by atoms with van der Waals surface area (Å²) in [6, 6.07) is 0. The minimum absolute atomic E-state index is 0.643. The van der Waals surface area contributed by atoms with Crippen LogP contribution in [0.25, 0.3) is 0 Å². The molecule has 0 aliphatic carbocycles. The fourth-order valence-electron chi connectivity index (χ4n) is 2.75. The number of nitrogens with zero attached hydrogens (tertiary/aromatic N) is 2. The Balaban J connectivity index is 1.97. The summed E-state index contributed by atoms with van der Waals surface area (Å²) in [6.07, 6.45) is 3.64. The molecular formula is C12H17ClN2S. The van der Waals surface area contributed by atoms with Gasteiger partial charge in [-0.15, -0.1) is 0 Å². The van der Waals surface area contributed by atoms with E-state index in [1.807, 2.05) is 11.8 Å². The molecule has 0 saturated carbocycles. The van der Waals surface area contributed by atoms with Crippen molar-refractivity contribution in [3.05, 3.63) is 16.7 Å². The van der Waals surface area contributed by atoms with E-state index in [1.165, 1.54) is 35.9 Å². The van der Waals surface area contributed by atoms with Crippen LogP contribution >= 0.6 is 23.4 Å². The number of hydrogen-bond donors (Lipinski definition) is 0. The van der Waals surface area contributed by atoms with Crippen molar-refractivity contribution in [2.24, 2.45) is 5.92 Å². The van der Waals surface area contributed by atoms with Crippen molar-refractivity contribution < 1.29 is 0 Å². The van der Waals surface area contributed by atoms with Crippen LogP contribution in [0.4, 0.5) is 0 Å². The topological polar surface area (TPSA) is 17.8 Å². The van der Waals surface area contributed by atoms with E-state index in [-0.39, 0.29) is 0 Å². The van der Waals surface area contributed by atoms with Crippen LogP contribution in [0.15, 0.2) is 0 Å². The summed E-state index contributed by atoms with van der Waals surface area (Å²) >= 11 is 8.31. The van der Waals surface area contributed by atoms with Gasteiger partial charge < -0.3 is 4.57 Å². The van der Waals surface area contributed by atoms with Crippen LogP contribution in [0.2, 0.25) is 5.15 Å². The van der Waals surface area contributed by atoms with Crippen LogP contribution in [0.3, 0.4) is 0 Å². The Morgan fingerprint density at radius 1 is 1.44 bits per heavy atom. The van der Waals surface area contributed by atoms with Crippen molar-refractivity contribution in [1.29, 1.82) is 0 Å². The largest absolute Gasteiger partial charge is 0.330 e. The van der Waals surface area contributed by atoms with Gasteiger partial charge in [0, 0.05) is 18.2 Å². The highest BCUT2D eigenvalue weighted by Gasteiger charge is 2.28. The zero-order chi connectivity index (χ0) is 11.1. The van der Waals surface area contributed by atoms with Crippen molar-refractivity contribution in [3.8, 4) is 0 Å². The molecule has 3 heterocycles. The van der Waals surface area contributed by atoms with Crippen molar-refractivity contribution in [1.82, 2.24) is 9.55 Å². The maximum Gasteiger partial charge on any atom is 0.150 e. The molecule has 3 rings (SSSR count). The molecule has 1 aromatic heterocycles. The SMILES string of the molecule is CC1CCn2c(C3CCSC3)nc(Cl)c2C1. The van der Waals surface area contributed by atoms with E-state index >= 15 is 0 Å². The van der Waals surface area contributed by atoms with Crippen molar-refractivity contribution in [2.75, 3.05) is 11.5 Å². The van der Waals surface area contributed by atoms with Gasteiger partial charge in [0.15, 0.2) is 5.15 Å². The maximum atomic E-state index is 6.27. The molecule has 2 nitrogen and oxygen atoms in total. The molecular weight excluding hydrogens is 240 g/mol. The van der Waals surface area contributed by atoms with Gasteiger partial charge in [0.2, 0.25) is 0 Å². The summed E-state index contributed by atoms with van der Waals surface area (Å²) < 4.78 is 2.40. The Kier molecular flexibility index (Phi) is 2.92. The quantitative estimate of drug-likeness (QED) is 0.767. The molecule has 0 spiro atoms. The molecule has 0 bridgehead atoms. The van der Waals surface area contributed by atoms with Crippen molar-refractivity contribution in [3.63, 3.8) is 0 Å². The first-order valence-electron chi connectivity index (χ1n) is 6.08. The van der Waals surface area contributed by atoms with E-state index in [1.54, 1.807) is 0 Å². The highest BCUT2D eigenvalue weighted by molar-refractivity contribution is 7.99. The molecule has 0 amide bonds. The van der Waals surface area contributed by atoms with Gasteiger partial charge in [-0.05, 0) is 30.9 Å². The first-order chi connectivity index (χ1) is 7.75. The van der Waals surface area contributed by atoms with Crippen LogP contribution in [-0.4, -0.2) is 21.1 Å². The molecule has 0 N–H and O–H groups in total. The van der Waals surface area contributed by atoms with Gasteiger partial charge >= 0.3 is 0 Å². The monoisotopic (exact) mass is 256 g/mol. The smallest absolute Gasteiger partial charge is 0.150 e. The van der Waals surface area contributed by atoms with Crippen molar-refractivity contribution in [2.45, 2.75) is 38.6 Å². The van der Waals surface area contributed by atoms with E-state index in [4.69, 9.17) is 11.6 Å². The maximum absolute atomic E-state index is 6.27. The summed E-state index contributed by atoms with van der Waals surface area (Å²) in [5.74, 6) is 5.16. The molecule has 2 atom stereocenters. The molecule has 4 heteroatoms. The highest BCUT2D eigenvalue weighted by Crippen LogP contribution is 2.36. The molecule has 2 aliphatic heterocycles. The predicted octanol–water partition coefficient (Wildman–Crippen LogP) is 3.34.